The number of anilines is 1. The van der Waals surface area contributed by atoms with Crippen LogP contribution in [0.25, 0.3) is 10.8 Å². The number of nitrogens with zero attached hydrogens (tertiary/aromatic N) is 3. The normalized spacial score (nSPS) is 14.7. The van der Waals surface area contributed by atoms with Crippen molar-refractivity contribution in [3.8, 4) is 0 Å². The lowest BCUT2D eigenvalue weighted by atomic mass is 9.90. The zero-order chi connectivity index (χ0) is 15.8. The van der Waals surface area contributed by atoms with Crippen LogP contribution in [0.1, 0.15) is 10.4 Å². The van der Waals surface area contributed by atoms with E-state index in [9.17, 15) is 9.18 Å². The van der Waals surface area contributed by atoms with Gasteiger partial charge in [-0.3, -0.25) is 9.78 Å². The van der Waals surface area contributed by atoms with Crippen molar-refractivity contribution in [2.75, 3.05) is 18.0 Å². The third-order valence-corrected chi connectivity index (χ3v) is 4.22. The minimum absolute atomic E-state index is 0.0585. The zero-order valence-corrected chi connectivity index (χ0v) is 12.3. The molecule has 1 saturated heterocycles. The van der Waals surface area contributed by atoms with Gasteiger partial charge in [0.25, 0.3) is 0 Å². The average Bonchev–Trinajstić information content (AvgIpc) is 2.54. The second kappa shape index (κ2) is 5.43. The summed E-state index contributed by atoms with van der Waals surface area (Å²) in [5.41, 5.74) is 0.561. The molecule has 23 heavy (non-hydrogen) atoms. The lowest BCUT2D eigenvalue weighted by molar-refractivity contribution is 0.0897. The van der Waals surface area contributed by atoms with Gasteiger partial charge in [-0.1, -0.05) is 0 Å². The van der Waals surface area contributed by atoms with E-state index in [1.165, 1.54) is 12.1 Å². The Morgan fingerprint density at radius 2 is 1.87 bits per heavy atom. The largest absolute Gasteiger partial charge is 0.354 e. The van der Waals surface area contributed by atoms with Gasteiger partial charge in [-0.25, -0.2) is 9.37 Å². The van der Waals surface area contributed by atoms with Crippen LogP contribution in [-0.4, -0.2) is 28.8 Å². The third kappa shape index (κ3) is 2.44. The van der Waals surface area contributed by atoms with E-state index >= 15 is 0 Å². The Bertz CT molecular complexity index is 868. The van der Waals surface area contributed by atoms with Gasteiger partial charge < -0.3 is 4.90 Å². The topological polar surface area (TPSA) is 46.1 Å². The first-order valence-corrected chi connectivity index (χ1v) is 7.46. The molecule has 4 nitrogen and oxygen atoms in total. The predicted octanol–water partition coefficient (Wildman–Crippen LogP) is 3.09. The predicted molar refractivity (Wildman–Crippen MR) is 86.0 cm³/mol. The number of halogens is 1. The number of carbonyl (C=O) groups excluding carboxylic acids is 1. The Morgan fingerprint density at radius 3 is 2.65 bits per heavy atom. The highest BCUT2D eigenvalue weighted by molar-refractivity contribution is 6.00. The van der Waals surface area contributed by atoms with Gasteiger partial charge in [0, 0.05) is 48.0 Å². The van der Waals surface area contributed by atoms with Crippen molar-refractivity contribution in [2.24, 2.45) is 5.92 Å². The molecular formula is C18H14FN3O. The van der Waals surface area contributed by atoms with Crippen LogP contribution in [-0.2, 0) is 0 Å². The highest BCUT2D eigenvalue weighted by atomic mass is 19.1. The molecule has 0 atom stereocenters. The Hall–Kier alpha value is -2.82. The summed E-state index contributed by atoms with van der Waals surface area (Å²) in [4.78, 5) is 23.1. The second-order valence-corrected chi connectivity index (χ2v) is 5.70. The average molecular weight is 307 g/mol. The highest BCUT2D eigenvalue weighted by Crippen LogP contribution is 2.30. The van der Waals surface area contributed by atoms with Crippen molar-refractivity contribution < 1.29 is 9.18 Å². The number of Topliss-reactive ketones (excluding diaryl/α,β-unsaturated/α-hetero) is 1. The van der Waals surface area contributed by atoms with Crippen LogP contribution in [0.2, 0.25) is 0 Å². The lowest BCUT2D eigenvalue weighted by Crippen LogP contribution is -2.50. The molecule has 3 aromatic rings. The lowest BCUT2D eigenvalue weighted by Gasteiger charge is -2.39. The molecular weight excluding hydrogens is 293 g/mol. The Morgan fingerprint density at radius 1 is 1.09 bits per heavy atom. The van der Waals surface area contributed by atoms with Gasteiger partial charge in [0.1, 0.15) is 11.6 Å². The van der Waals surface area contributed by atoms with Gasteiger partial charge in [0.05, 0.1) is 5.92 Å². The van der Waals surface area contributed by atoms with Crippen molar-refractivity contribution in [1.29, 1.82) is 0 Å². The molecule has 0 N–H and O–H groups in total. The van der Waals surface area contributed by atoms with Crippen LogP contribution in [0.5, 0.6) is 0 Å². The molecule has 0 amide bonds. The highest BCUT2D eigenvalue weighted by Gasteiger charge is 2.34. The summed E-state index contributed by atoms with van der Waals surface area (Å²) in [5, 5.41) is 2.07. The molecule has 1 aliphatic heterocycles. The number of aromatic nitrogens is 2. The van der Waals surface area contributed by atoms with Crippen molar-refractivity contribution >= 4 is 22.4 Å². The monoisotopic (exact) mass is 307 g/mol. The summed E-state index contributed by atoms with van der Waals surface area (Å²) < 4.78 is 12.9. The number of carbonyl (C=O) groups is 1. The van der Waals surface area contributed by atoms with E-state index in [1.807, 2.05) is 12.1 Å². The summed E-state index contributed by atoms with van der Waals surface area (Å²) in [6.07, 6.45) is 5.31. The standard InChI is InChI=1S/C18H14FN3O/c19-15-3-1-12(2-4-15)17(23)14-10-22(11-14)18-16-6-7-20-9-13(16)5-8-21-18/h1-9,14H,10-11H2. The van der Waals surface area contributed by atoms with Crippen LogP contribution >= 0.6 is 0 Å². The number of ketones is 1. The molecule has 4 rings (SSSR count). The van der Waals surface area contributed by atoms with E-state index in [2.05, 4.69) is 14.9 Å². The van der Waals surface area contributed by atoms with Gasteiger partial charge in [0.2, 0.25) is 0 Å². The van der Waals surface area contributed by atoms with Crippen molar-refractivity contribution in [3.63, 3.8) is 0 Å². The smallest absolute Gasteiger partial charge is 0.169 e. The van der Waals surface area contributed by atoms with Gasteiger partial charge in [-0.05, 0) is 36.4 Å². The Labute approximate surface area is 132 Å². The summed E-state index contributed by atoms with van der Waals surface area (Å²) >= 11 is 0. The fourth-order valence-corrected chi connectivity index (χ4v) is 2.92. The minimum Gasteiger partial charge on any atom is -0.354 e. The van der Waals surface area contributed by atoms with Gasteiger partial charge in [-0.2, -0.15) is 0 Å². The molecule has 1 aromatic carbocycles. The summed E-state index contributed by atoms with van der Waals surface area (Å²) in [6.45, 7) is 1.26. The molecule has 0 radical (unpaired) electrons. The van der Waals surface area contributed by atoms with E-state index in [0.29, 0.717) is 18.7 Å². The minimum atomic E-state index is -0.328. The number of rotatable bonds is 3. The van der Waals surface area contributed by atoms with Crippen molar-refractivity contribution in [3.05, 3.63) is 66.4 Å². The SMILES string of the molecule is O=C(c1ccc(F)cc1)C1CN(c2nccc3cnccc23)C1. The van der Waals surface area contributed by atoms with Crippen molar-refractivity contribution in [1.82, 2.24) is 9.97 Å². The number of benzene rings is 1. The van der Waals surface area contributed by atoms with E-state index < -0.39 is 0 Å². The van der Waals surface area contributed by atoms with Crippen LogP contribution in [0.3, 0.4) is 0 Å². The fourth-order valence-electron chi connectivity index (χ4n) is 2.92. The van der Waals surface area contributed by atoms with E-state index in [1.54, 1.807) is 30.7 Å². The third-order valence-electron chi connectivity index (χ3n) is 4.22. The summed E-state index contributed by atoms with van der Waals surface area (Å²) in [7, 11) is 0. The molecule has 0 spiro atoms. The first kappa shape index (κ1) is 13.8. The molecule has 1 aliphatic rings. The molecule has 0 unspecified atom stereocenters. The summed E-state index contributed by atoms with van der Waals surface area (Å²) in [6, 6.07) is 9.59. The molecule has 0 aliphatic carbocycles. The van der Waals surface area contributed by atoms with Gasteiger partial charge in [-0.15, -0.1) is 0 Å². The van der Waals surface area contributed by atoms with Crippen molar-refractivity contribution in [2.45, 2.75) is 0 Å². The molecule has 2 aromatic heterocycles. The van der Waals surface area contributed by atoms with Gasteiger partial charge in [0.15, 0.2) is 5.78 Å². The number of pyridine rings is 2. The van der Waals surface area contributed by atoms with E-state index in [-0.39, 0.29) is 17.5 Å². The number of hydrogen-bond acceptors (Lipinski definition) is 4. The first-order valence-electron chi connectivity index (χ1n) is 7.46. The second-order valence-electron chi connectivity index (χ2n) is 5.70. The molecule has 3 heterocycles. The quantitative estimate of drug-likeness (QED) is 0.698. The first-order chi connectivity index (χ1) is 11.2. The zero-order valence-electron chi connectivity index (χ0n) is 12.3. The Balaban J connectivity index is 1.52. The number of fused-ring (bicyclic) bond motifs is 1. The maximum absolute atomic E-state index is 12.9. The molecule has 0 saturated carbocycles. The van der Waals surface area contributed by atoms with Gasteiger partial charge >= 0.3 is 0 Å². The van der Waals surface area contributed by atoms with Crippen LogP contribution < -0.4 is 4.90 Å². The summed E-state index contributed by atoms with van der Waals surface area (Å²) in [5.74, 6) is 0.543. The Kier molecular flexibility index (Phi) is 3.26. The molecule has 1 fully saturated rings. The maximum atomic E-state index is 12.9. The van der Waals surface area contributed by atoms with E-state index in [4.69, 9.17) is 0 Å². The molecule has 0 bridgehead atoms. The van der Waals surface area contributed by atoms with Crippen LogP contribution in [0, 0.1) is 11.7 Å². The van der Waals surface area contributed by atoms with Crippen LogP contribution in [0.4, 0.5) is 10.2 Å². The maximum Gasteiger partial charge on any atom is 0.169 e. The van der Waals surface area contributed by atoms with E-state index in [0.717, 1.165) is 16.6 Å². The van der Waals surface area contributed by atoms with Crippen LogP contribution in [0.15, 0.2) is 55.0 Å². The molecule has 5 heteroatoms. The number of hydrogen-bond donors (Lipinski definition) is 0. The fraction of sp³-hybridized carbons (Fsp3) is 0.167. The molecule has 114 valence electrons.